The molecule has 1 aromatic rings. The van der Waals surface area contributed by atoms with E-state index in [1.165, 1.54) is 57.2 Å². The largest absolute Gasteiger partial charge is 0.357 e. The van der Waals surface area contributed by atoms with E-state index in [2.05, 4.69) is 28.9 Å². The third kappa shape index (κ3) is 3.39. The van der Waals surface area contributed by atoms with Gasteiger partial charge in [-0.25, -0.2) is 4.98 Å². The first-order valence-corrected chi connectivity index (χ1v) is 8.66. The van der Waals surface area contributed by atoms with Gasteiger partial charge in [-0.05, 0) is 55.6 Å². The number of piperidine rings is 1. The van der Waals surface area contributed by atoms with Crippen LogP contribution in [0, 0.1) is 5.41 Å². The topological polar surface area (TPSA) is 42.1 Å². The molecule has 1 aliphatic heterocycles. The fraction of sp³-hybridized carbons (Fsp3) is 0.722. The standard InChI is InChI=1S/C18H29N3/c1-2-16(19)13-15-5-6-17(20-14-15)21-11-9-18(10-12-21)7-3-4-8-18/h5-6,14,16H,2-4,7-13,19H2,1H3. The number of pyridine rings is 1. The summed E-state index contributed by atoms with van der Waals surface area (Å²) in [6, 6.07) is 4.65. The summed E-state index contributed by atoms with van der Waals surface area (Å²) in [5.41, 5.74) is 7.96. The van der Waals surface area contributed by atoms with Gasteiger partial charge in [0.1, 0.15) is 5.82 Å². The molecule has 116 valence electrons. The summed E-state index contributed by atoms with van der Waals surface area (Å²) >= 11 is 0. The molecule has 2 aliphatic rings. The Labute approximate surface area is 128 Å². The van der Waals surface area contributed by atoms with E-state index >= 15 is 0 Å². The Morgan fingerprint density at radius 1 is 1.19 bits per heavy atom. The molecule has 0 radical (unpaired) electrons. The van der Waals surface area contributed by atoms with Gasteiger partial charge in [0.25, 0.3) is 0 Å². The fourth-order valence-corrected chi connectivity index (χ4v) is 4.01. The molecule has 1 atom stereocenters. The normalized spacial score (nSPS) is 22.7. The molecule has 1 saturated carbocycles. The Bertz CT molecular complexity index is 438. The number of hydrogen-bond acceptors (Lipinski definition) is 3. The van der Waals surface area contributed by atoms with E-state index in [1.807, 2.05) is 6.20 Å². The maximum atomic E-state index is 6.01. The molecule has 21 heavy (non-hydrogen) atoms. The third-order valence-electron chi connectivity index (χ3n) is 5.64. The van der Waals surface area contributed by atoms with Crippen LogP contribution < -0.4 is 10.6 Å². The second-order valence-corrected chi connectivity index (χ2v) is 7.09. The van der Waals surface area contributed by atoms with Crippen LogP contribution >= 0.6 is 0 Å². The lowest BCUT2D eigenvalue weighted by Gasteiger charge is -2.40. The average molecular weight is 287 g/mol. The molecule has 0 bridgehead atoms. The molecule has 0 amide bonds. The molecule has 1 aromatic heterocycles. The zero-order valence-electron chi connectivity index (χ0n) is 13.4. The van der Waals surface area contributed by atoms with E-state index in [0.717, 1.165) is 18.7 Å². The lowest BCUT2D eigenvalue weighted by atomic mass is 9.77. The highest BCUT2D eigenvalue weighted by Gasteiger charge is 2.37. The van der Waals surface area contributed by atoms with Crippen LogP contribution in [0.25, 0.3) is 0 Å². The minimum atomic E-state index is 0.259. The predicted octanol–water partition coefficient (Wildman–Crippen LogP) is 3.52. The molecular weight excluding hydrogens is 258 g/mol. The molecule has 1 aliphatic carbocycles. The smallest absolute Gasteiger partial charge is 0.128 e. The Hall–Kier alpha value is -1.09. The van der Waals surface area contributed by atoms with Gasteiger partial charge in [-0.1, -0.05) is 25.8 Å². The summed E-state index contributed by atoms with van der Waals surface area (Å²) in [5, 5.41) is 0. The first kappa shape index (κ1) is 14.8. The number of nitrogens with two attached hydrogens (primary N) is 1. The van der Waals surface area contributed by atoms with E-state index in [9.17, 15) is 0 Å². The summed E-state index contributed by atoms with van der Waals surface area (Å²) in [5.74, 6) is 1.15. The Morgan fingerprint density at radius 3 is 2.48 bits per heavy atom. The van der Waals surface area contributed by atoms with Gasteiger partial charge >= 0.3 is 0 Å². The lowest BCUT2D eigenvalue weighted by Crippen LogP contribution is -2.39. The van der Waals surface area contributed by atoms with Crippen molar-refractivity contribution in [1.29, 1.82) is 0 Å². The van der Waals surface area contributed by atoms with Crippen molar-refractivity contribution in [2.45, 2.75) is 64.3 Å². The van der Waals surface area contributed by atoms with Gasteiger partial charge in [0.2, 0.25) is 0 Å². The second kappa shape index (κ2) is 6.35. The average Bonchev–Trinajstić information content (AvgIpc) is 2.97. The van der Waals surface area contributed by atoms with Crippen molar-refractivity contribution in [3.8, 4) is 0 Å². The van der Waals surface area contributed by atoms with Crippen LogP contribution in [-0.4, -0.2) is 24.1 Å². The fourth-order valence-electron chi connectivity index (χ4n) is 4.01. The maximum absolute atomic E-state index is 6.01. The minimum Gasteiger partial charge on any atom is -0.357 e. The van der Waals surface area contributed by atoms with E-state index in [0.29, 0.717) is 5.41 Å². The van der Waals surface area contributed by atoms with Crippen molar-refractivity contribution in [1.82, 2.24) is 4.98 Å². The van der Waals surface area contributed by atoms with Crippen LogP contribution in [0.2, 0.25) is 0 Å². The van der Waals surface area contributed by atoms with Crippen LogP contribution in [0.5, 0.6) is 0 Å². The summed E-state index contributed by atoms with van der Waals surface area (Å²) in [6.07, 6.45) is 12.5. The van der Waals surface area contributed by atoms with Crippen LogP contribution in [0.3, 0.4) is 0 Å². The SMILES string of the molecule is CCC(N)Cc1ccc(N2CCC3(CCCC3)CC2)nc1. The quantitative estimate of drug-likeness (QED) is 0.921. The zero-order valence-corrected chi connectivity index (χ0v) is 13.4. The minimum absolute atomic E-state index is 0.259. The Balaban J connectivity index is 1.58. The molecule has 1 spiro atoms. The van der Waals surface area contributed by atoms with Gasteiger partial charge in [-0.15, -0.1) is 0 Å². The summed E-state index contributed by atoms with van der Waals surface area (Å²) in [4.78, 5) is 7.14. The Kier molecular flexibility index (Phi) is 4.48. The molecule has 2 heterocycles. The van der Waals surface area contributed by atoms with Crippen LogP contribution in [0.4, 0.5) is 5.82 Å². The van der Waals surface area contributed by atoms with Gasteiger partial charge < -0.3 is 10.6 Å². The number of aromatic nitrogens is 1. The van der Waals surface area contributed by atoms with Crippen molar-refractivity contribution in [2.24, 2.45) is 11.1 Å². The molecule has 3 nitrogen and oxygen atoms in total. The number of nitrogens with zero attached hydrogens (tertiary/aromatic N) is 2. The van der Waals surface area contributed by atoms with E-state index in [-0.39, 0.29) is 6.04 Å². The lowest BCUT2D eigenvalue weighted by molar-refractivity contribution is 0.226. The van der Waals surface area contributed by atoms with Gasteiger partial charge in [-0.3, -0.25) is 0 Å². The first-order valence-electron chi connectivity index (χ1n) is 8.66. The molecule has 2 fully saturated rings. The first-order chi connectivity index (χ1) is 10.2. The highest BCUT2D eigenvalue weighted by molar-refractivity contribution is 5.40. The van der Waals surface area contributed by atoms with Crippen molar-refractivity contribution in [2.75, 3.05) is 18.0 Å². The zero-order chi connectivity index (χ0) is 14.7. The van der Waals surface area contributed by atoms with Crippen molar-refractivity contribution >= 4 is 5.82 Å². The molecule has 3 rings (SSSR count). The summed E-state index contributed by atoms with van der Waals surface area (Å²) < 4.78 is 0. The van der Waals surface area contributed by atoms with Crippen molar-refractivity contribution in [3.63, 3.8) is 0 Å². The molecule has 3 heteroatoms. The Morgan fingerprint density at radius 2 is 1.90 bits per heavy atom. The molecule has 1 unspecified atom stereocenters. The van der Waals surface area contributed by atoms with Gasteiger partial charge in [-0.2, -0.15) is 0 Å². The number of hydrogen-bond donors (Lipinski definition) is 1. The van der Waals surface area contributed by atoms with Crippen LogP contribution in [0.15, 0.2) is 18.3 Å². The van der Waals surface area contributed by atoms with Crippen molar-refractivity contribution < 1.29 is 0 Å². The van der Waals surface area contributed by atoms with Gasteiger partial charge in [0.15, 0.2) is 0 Å². The number of rotatable bonds is 4. The molecular formula is C18H29N3. The van der Waals surface area contributed by atoms with Crippen LogP contribution in [0.1, 0.15) is 57.4 Å². The third-order valence-corrected chi connectivity index (χ3v) is 5.64. The van der Waals surface area contributed by atoms with Crippen LogP contribution in [-0.2, 0) is 6.42 Å². The van der Waals surface area contributed by atoms with Gasteiger partial charge in [0.05, 0.1) is 0 Å². The number of anilines is 1. The highest BCUT2D eigenvalue weighted by Crippen LogP contribution is 2.46. The second-order valence-electron chi connectivity index (χ2n) is 7.09. The highest BCUT2D eigenvalue weighted by atomic mass is 15.2. The van der Waals surface area contributed by atoms with E-state index in [4.69, 9.17) is 5.73 Å². The van der Waals surface area contributed by atoms with Gasteiger partial charge in [0, 0.05) is 25.3 Å². The monoisotopic (exact) mass is 287 g/mol. The molecule has 0 aromatic carbocycles. The van der Waals surface area contributed by atoms with E-state index < -0.39 is 0 Å². The molecule has 1 saturated heterocycles. The summed E-state index contributed by atoms with van der Waals surface area (Å²) in [7, 11) is 0. The predicted molar refractivity (Wildman–Crippen MR) is 88.6 cm³/mol. The summed E-state index contributed by atoms with van der Waals surface area (Å²) in [6.45, 7) is 4.50. The van der Waals surface area contributed by atoms with E-state index in [1.54, 1.807) is 0 Å². The maximum Gasteiger partial charge on any atom is 0.128 e. The van der Waals surface area contributed by atoms with Crippen molar-refractivity contribution in [3.05, 3.63) is 23.9 Å². The molecule has 2 N–H and O–H groups in total.